The van der Waals surface area contributed by atoms with Crippen LogP contribution in [-0.2, 0) is 19.0 Å². The molecule has 1 unspecified atom stereocenters. The van der Waals surface area contributed by atoms with Crippen LogP contribution in [0.2, 0.25) is 0 Å². The molecule has 2 heterocycles. The van der Waals surface area contributed by atoms with E-state index in [9.17, 15) is 9.90 Å². The second kappa shape index (κ2) is 9.25. The summed E-state index contributed by atoms with van der Waals surface area (Å²) >= 11 is 0. The Kier molecular flexibility index (Phi) is 7.05. The number of piperidine rings is 1. The zero-order chi connectivity index (χ0) is 24.0. The van der Waals surface area contributed by atoms with Crippen molar-refractivity contribution < 1.29 is 24.1 Å². The third-order valence-electron chi connectivity index (χ3n) is 9.82. The highest BCUT2D eigenvalue weighted by atomic mass is 16.7. The van der Waals surface area contributed by atoms with Crippen LogP contribution in [0.25, 0.3) is 0 Å². The monoisotopic (exact) mass is 463 g/mol. The summed E-state index contributed by atoms with van der Waals surface area (Å²) in [6.07, 6.45) is 7.78. The molecule has 4 rings (SSSR count). The molecule has 0 bridgehead atoms. The molecule has 6 heteroatoms. The number of rotatable bonds is 6. The maximum absolute atomic E-state index is 11.6. The van der Waals surface area contributed by atoms with E-state index in [4.69, 9.17) is 14.2 Å². The van der Waals surface area contributed by atoms with Crippen molar-refractivity contribution >= 4 is 5.97 Å². The maximum Gasteiger partial charge on any atom is 0.323 e. The highest BCUT2D eigenvalue weighted by Gasteiger charge is 2.59. The fourth-order valence-corrected chi connectivity index (χ4v) is 7.56. The fourth-order valence-electron chi connectivity index (χ4n) is 7.56. The van der Waals surface area contributed by atoms with Gasteiger partial charge in [-0.05, 0) is 83.0 Å². The van der Waals surface area contributed by atoms with Gasteiger partial charge in [-0.3, -0.25) is 9.69 Å². The number of nitrogens with zero attached hydrogens (tertiary/aromatic N) is 1. The van der Waals surface area contributed by atoms with Gasteiger partial charge in [-0.2, -0.15) is 0 Å². The van der Waals surface area contributed by atoms with Crippen molar-refractivity contribution in [1.82, 2.24) is 4.90 Å². The van der Waals surface area contributed by atoms with Gasteiger partial charge >= 0.3 is 5.97 Å². The van der Waals surface area contributed by atoms with Gasteiger partial charge in [-0.25, -0.2) is 0 Å². The Balaban J connectivity index is 1.34. The molecule has 0 aromatic carbocycles. The highest BCUT2D eigenvalue weighted by molar-refractivity contribution is 5.77. The highest BCUT2D eigenvalue weighted by Crippen LogP contribution is 2.63. The zero-order valence-corrected chi connectivity index (χ0v) is 21.4. The van der Waals surface area contributed by atoms with Gasteiger partial charge in [0.05, 0.1) is 18.8 Å². The summed E-state index contributed by atoms with van der Waals surface area (Å²) < 4.78 is 18.6. The Labute approximate surface area is 200 Å². The topological polar surface area (TPSA) is 68.2 Å². The van der Waals surface area contributed by atoms with E-state index in [1.54, 1.807) is 13.8 Å². The number of likely N-dealkylation sites (tertiary alicyclic amines) is 1. The maximum atomic E-state index is 11.6. The average molecular weight is 464 g/mol. The minimum Gasteiger partial charge on any atom is -0.480 e. The smallest absolute Gasteiger partial charge is 0.323 e. The molecule has 0 aromatic heterocycles. The van der Waals surface area contributed by atoms with E-state index in [1.807, 2.05) is 6.92 Å². The number of carboxylic acid groups (broad SMARTS) is 1. The first-order valence-electron chi connectivity index (χ1n) is 13.0. The standard InChI is InChI=1S/C27H45NO5/c1-18-7-8-22-26(5,13-9-23-27(22,6)17-32-19(2)33-23)21(18)12-16-31-20-10-14-28(15-11-20)25(3,4)24(29)30/h19-23H,1,7-17H2,2-6H3,(H,29,30)/t19-,21-,22?,23-,26+,27+/m1/s1. The third-order valence-corrected chi connectivity index (χ3v) is 9.82. The number of fused-ring (bicyclic) bond motifs is 3. The molecule has 2 saturated carbocycles. The van der Waals surface area contributed by atoms with Crippen molar-refractivity contribution in [2.45, 2.75) is 104 Å². The van der Waals surface area contributed by atoms with E-state index < -0.39 is 11.5 Å². The lowest BCUT2D eigenvalue weighted by Gasteiger charge is -2.62. The predicted molar refractivity (Wildman–Crippen MR) is 128 cm³/mol. The minimum atomic E-state index is -0.812. The lowest BCUT2D eigenvalue weighted by molar-refractivity contribution is -0.297. The van der Waals surface area contributed by atoms with E-state index in [0.717, 1.165) is 58.4 Å². The Morgan fingerprint density at radius 2 is 1.91 bits per heavy atom. The molecule has 33 heavy (non-hydrogen) atoms. The van der Waals surface area contributed by atoms with Crippen LogP contribution in [0.3, 0.4) is 0 Å². The van der Waals surface area contributed by atoms with Gasteiger partial charge in [-0.15, -0.1) is 0 Å². The molecule has 4 fully saturated rings. The first-order chi connectivity index (χ1) is 15.5. The molecule has 0 aromatic rings. The number of aliphatic carboxylic acids is 1. The van der Waals surface area contributed by atoms with Gasteiger partial charge < -0.3 is 19.3 Å². The van der Waals surface area contributed by atoms with Gasteiger partial charge in [-0.1, -0.05) is 26.0 Å². The lowest BCUT2D eigenvalue weighted by atomic mass is 9.46. The van der Waals surface area contributed by atoms with Crippen LogP contribution in [0.15, 0.2) is 12.2 Å². The predicted octanol–water partition coefficient (Wildman–Crippen LogP) is 4.87. The van der Waals surface area contributed by atoms with E-state index in [0.29, 0.717) is 17.9 Å². The van der Waals surface area contributed by atoms with Gasteiger partial charge in [0.2, 0.25) is 0 Å². The van der Waals surface area contributed by atoms with Crippen molar-refractivity contribution in [3.05, 3.63) is 12.2 Å². The van der Waals surface area contributed by atoms with E-state index in [2.05, 4.69) is 25.3 Å². The molecule has 6 nitrogen and oxygen atoms in total. The van der Waals surface area contributed by atoms with Crippen LogP contribution in [0.4, 0.5) is 0 Å². The van der Waals surface area contributed by atoms with Gasteiger partial charge in [0, 0.05) is 25.1 Å². The summed E-state index contributed by atoms with van der Waals surface area (Å²) in [4.78, 5) is 13.6. The Hall–Kier alpha value is -0.950. The second-order valence-electron chi connectivity index (χ2n) is 12.1. The summed E-state index contributed by atoms with van der Waals surface area (Å²) in [6, 6.07) is 0. The summed E-state index contributed by atoms with van der Waals surface area (Å²) in [5.41, 5.74) is 0.867. The molecule has 4 aliphatic rings. The molecule has 6 atom stereocenters. The van der Waals surface area contributed by atoms with Crippen LogP contribution >= 0.6 is 0 Å². The SMILES string of the molecule is C=C1CCC2[C@]3(C)CO[C@@H](C)O[C@@H]3CC[C@@]2(C)[C@@H]1CCOC1CCN(C(C)(C)C(=O)O)CC1. The Morgan fingerprint density at radius 3 is 2.58 bits per heavy atom. The van der Waals surface area contributed by atoms with Crippen LogP contribution in [0.5, 0.6) is 0 Å². The van der Waals surface area contributed by atoms with Crippen LogP contribution in [0, 0.1) is 22.7 Å². The first kappa shape index (κ1) is 25.2. The van der Waals surface area contributed by atoms with E-state index >= 15 is 0 Å². The van der Waals surface area contributed by atoms with Gasteiger partial charge in [0.25, 0.3) is 0 Å². The summed E-state index contributed by atoms with van der Waals surface area (Å²) in [5, 5.41) is 9.50. The van der Waals surface area contributed by atoms with Crippen LogP contribution in [0.1, 0.15) is 79.6 Å². The molecule has 2 aliphatic carbocycles. The summed E-state index contributed by atoms with van der Waals surface area (Å²) in [7, 11) is 0. The fraction of sp³-hybridized carbons (Fsp3) is 0.889. The number of carbonyl (C=O) groups is 1. The molecule has 188 valence electrons. The van der Waals surface area contributed by atoms with Crippen molar-refractivity contribution in [3.8, 4) is 0 Å². The molecule has 0 spiro atoms. The number of hydrogen-bond donors (Lipinski definition) is 1. The summed E-state index contributed by atoms with van der Waals surface area (Å²) in [5.74, 6) is 0.291. The Morgan fingerprint density at radius 1 is 1.21 bits per heavy atom. The van der Waals surface area contributed by atoms with Crippen LogP contribution in [-0.4, -0.2) is 66.3 Å². The molecule has 1 N–H and O–H groups in total. The van der Waals surface area contributed by atoms with Gasteiger partial charge in [0.15, 0.2) is 6.29 Å². The molecule has 2 aliphatic heterocycles. The van der Waals surface area contributed by atoms with Crippen molar-refractivity contribution in [2.24, 2.45) is 22.7 Å². The normalized spacial score (nSPS) is 40.8. The number of allylic oxidation sites excluding steroid dienone is 1. The van der Waals surface area contributed by atoms with E-state index in [1.165, 1.54) is 18.4 Å². The van der Waals surface area contributed by atoms with Crippen molar-refractivity contribution in [3.63, 3.8) is 0 Å². The quantitative estimate of drug-likeness (QED) is 0.567. The minimum absolute atomic E-state index is 0.0725. The molecule has 2 saturated heterocycles. The number of hydrogen-bond acceptors (Lipinski definition) is 5. The number of carboxylic acids is 1. The zero-order valence-electron chi connectivity index (χ0n) is 21.4. The lowest BCUT2D eigenvalue weighted by Crippen LogP contribution is -2.61. The first-order valence-corrected chi connectivity index (χ1v) is 13.0. The van der Waals surface area contributed by atoms with Crippen molar-refractivity contribution in [2.75, 3.05) is 26.3 Å². The van der Waals surface area contributed by atoms with Crippen LogP contribution < -0.4 is 0 Å². The summed E-state index contributed by atoms with van der Waals surface area (Å²) in [6.45, 7) is 18.1. The Bertz CT molecular complexity index is 745. The largest absolute Gasteiger partial charge is 0.480 e. The van der Waals surface area contributed by atoms with Crippen molar-refractivity contribution in [1.29, 1.82) is 0 Å². The average Bonchev–Trinajstić information content (AvgIpc) is 2.76. The van der Waals surface area contributed by atoms with Gasteiger partial charge in [0.1, 0.15) is 5.54 Å². The van der Waals surface area contributed by atoms with E-state index in [-0.39, 0.29) is 23.2 Å². The number of ether oxygens (including phenoxy) is 3. The molecule has 0 radical (unpaired) electrons. The second-order valence-corrected chi connectivity index (χ2v) is 12.1. The molecular formula is C27H45NO5. The molecular weight excluding hydrogens is 418 g/mol. The molecule has 0 amide bonds. The third kappa shape index (κ3) is 4.53.